The van der Waals surface area contributed by atoms with Gasteiger partial charge in [-0.2, -0.15) is 13.2 Å². The summed E-state index contributed by atoms with van der Waals surface area (Å²) >= 11 is 0. The Morgan fingerprint density at radius 3 is 1.88 bits per heavy atom. The summed E-state index contributed by atoms with van der Waals surface area (Å²) in [4.78, 5) is 0. The van der Waals surface area contributed by atoms with Gasteiger partial charge in [0, 0.05) is 7.11 Å². The van der Waals surface area contributed by atoms with Gasteiger partial charge in [0.15, 0.2) is 18.7 Å². The highest BCUT2D eigenvalue weighted by Gasteiger charge is 2.57. The fourth-order valence-corrected chi connectivity index (χ4v) is 2.77. The van der Waals surface area contributed by atoms with E-state index in [0.717, 1.165) is 0 Å². The summed E-state index contributed by atoms with van der Waals surface area (Å²) < 4.78 is 58.4. The minimum atomic E-state index is -5.03. The number of aliphatic hydroxyl groups excluding tert-OH is 5. The van der Waals surface area contributed by atoms with Crippen molar-refractivity contribution in [1.29, 1.82) is 0 Å². The molecule has 2 aliphatic heterocycles. The highest BCUT2D eigenvalue weighted by atomic mass is 19.4. The molecule has 0 amide bonds. The van der Waals surface area contributed by atoms with Crippen molar-refractivity contribution in [3.05, 3.63) is 0 Å². The summed E-state index contributed by atoms with van der Waals surface area (Å²) in [5, 5.41) is 48.8. The first-order chi connectivity index (χ1) is 11.5. The Morgan fingerprint density at radius 1 is 0.800 bits per heavy atom. The Balaban J connectivity index is 2.14. The maximum absolute atomic E-state index is 12.9. The smallest absolute Gasteiger partial charge is 0.387 e. The summed E-state index contributed by atoms with van der Waals surface area (Å²) in [5.74, 6) is 0. The molecule has 0 bridgehead atoms. The van der Waals surface area contributed by atoms with Crippen LogP contribution < -0.4 is 0 Å². The molecule has 2 aliphatic rings. The van der Waals surface area contributed by atoms with E-state index in [0.29, 0.717) is 0 Å². The molecule has 10 atom stereocenters. The van der Waals surface area contributed by atoms with Crippen LogP contribution in [0.15, 0.2) is 0 Å². The largest absolute Gasteiger partial charge is 0.417 e. The maximum atomic E-state index is 12.9. The molecule has 0 radical (unpaired) electrons. The van der Waals surface area contributed by atoms with Crippen molar-refractivity contribution in [2.24, 2.45) is 0 Å². The van der Waals surface area contributed by atoms with Crippen LogP contribution in [0.25, 0.3) is 0 Å². The lowest BCUT2D eigenvalue weighted by Crippen LogP contribution is -2.65. The molecule has 0 unspecified atom stereocenters. The average molecular weight is 378 g/mol. The molecule has 0 spiro atoms. The van der Waals surface area contributed by atoms with Crippen molar-refractivity contribution in [3.8, 4) is 0 Å². The van der Waals surface area contributed by atoms with Crippen molar-refractivity contribution >= 4 is 0 Å². The molecule has 0 aromatic rings. The van der Waals surface area contributed by atoms with Crippen LogP contribution in [0.4, 0.5) is 13.2 Å². The third-order valence-corrected chi connectivity index (χ3v) is 4.19. The number of aliphatic hydroxyl groups is 5. The lowest BCUT2D eigenvalue weighted by molar-refractivity contribution is -0.380. The van der Waals surface area contributed by atoms with E-state index in [2.05, 4.69) is 4.74 Å². The zero-order valence-corrected chi connectivity index (χ0v) is 13.3. The van der Waals surface area contributed by atoms with E-state index in [1.165, 1.54) is 14.0 Å². The van der Waals surface area contributed by atoms with Gasteiger partial charge in [-0.3, -0.25) is 0 Å². The molecular formula is C13H21F3O9. The van der Waals surface area contributed by atoms with E-state index in [1.54, 1.807) is 0 Å². The van der Waals surface area contributed by atoms with Crippen molar-refractivity contribution < 1.29 is 57.7 Å². The molecule has 0 aromatic heterocycles. The lowest BCUT2D eigenvalue weighted by Gasteiger charge is -2.45. The molecule has 0 aromatic carbocycles. The van der Waals surface area contributed by atoms with Gasteiger partial charge in [0.25, 0.3) is 0 Å². The Morgan fingerprint density at radius 2 is 1.36 bits per heavy atom. The molecule has 2 fully saturated rings. The molecule has 9 nitrogen and oxygen atoms in total. The van der Waals surface area contributed by atoms with Crippen molar-refractivity contribution in [1.82, 2.24) is 0 Å². The summed E-state index contributed by atoms with van der Waals surface area (Å²) in [6.07, 6.45) is -23.2. The second kappa shape index (κ2) is 7.58. The molecule has 148 valence electrons. The molecule has 2 rings (SSSR count). The normalized spacial score (nSPS) is 49.2. The minimum Gasteiger partial charge on any atom is -0.387 e. The van der Waals surface area contributed by atoms with Crippen LogP contribution in [-0.4, -0.2) is 100 Å². The topological polar surface area (TPSA) is 138 Å². The van der Waals surface area contributed by atoms with Crippen LogP contribution >= 0.6 is 0 Å². The van der Waals surface area contributed by atoms with Gasteiger partial charge in [-0.15, -0.1) is 0 Å². The number of rotatable bonds is 3. The van der Waals surface area contributed by atoms with Crippen LogP contribution in [0.1, 0.15) is 6.92 Å². The number of alkyl halides is 3. The second-order valence-corrected chi connectivity index (χ2v) is 5.97. The van der Waals surface area contributed by atoms with Gasteiger partial charge in [-0.1, -0.05) is 0 Å². The van der Waals surface area contributed by atoms with Gasteiger partial charge in [0.2, 0.25) is 0 Å². The van der Waals surface area contributed by atoms with Gasteiger partial charge in [-0.25, -0.2) is 0 Å². The lowest BCUT2D eigenvalue weighted by atomic mass is 9.97. The SMILES string of the molecule is CO[C@@H]1O[C@@H](C)[C@H](O[C@@H]2O[C@@H](C(F)(F)F)[C@H](O)[C@@H](O)[C@H]2O)[C@@H](O)[C@H]1O. The van der Waals surface area contributed by atoms with Gasteiger partial charge in [0.1, 0.15) is 36.6 Å². The number of hydrogen-bond acceptors (Lipinski definition) is 9. The third kappa shape index (κ3) is 4.07. The van der Waals surface area contributed by atoms with Gasteiger partial charge in [0.05, 0.1) is 6.10 Å². The molecule has 2 heterocycles. The Bertz CT molecular complexity index is 451. The van der Waals surface area contributed by atoms with E-state index in [9.17, 15) is 38.7 Å². The predicted molar refractivity (Wildman–Crippen MR) is 71.0 cm³/mol. The summed E-state index contributed by atoms with van der Waals surface area (Å²) in [5.41, 5.74) is 0. The van der Waals surface area contributed by atoms with Crippen LogP contribution in [-0.2, 0) is 18.9 Å². The highest BCUT2D eigenvalue weighted by molar-refractivity contribution is 4.95. The monoisotopic (exact) mass is 378 g/mol. The van der Waals surface area contributed by atoms with Crippen LogP contribution in [0, 0.1) is 0 Å². The molecule has 25 heavy (non-hydrogen) atoms. The summed E-state index contributed by atoms with van der Waals surface area (Å²) in [6.45, 7) is 1.40. The molecule has 0 aliphatic carbocycles. The first-order valence-electron chi connectivity index (χ1n) is 7.45. The molecule has 2 saturated heterocycles. The zero-order valence-electron chi connectivity index (χ0n) is 13.3. The standard InChI is InChI=1S/C13H21F3O9/c1-3-9(5(18)8(21)11(22-2)23-3)24-12-7(20)4(17)6(19)10(25-12)13(14,15)16/h3-12,17-21H,1-2H3/t3-,4+,5-,6+,7+,8+,9-,10+,11+,12+/m0/s1. The minimum absolute atomic E-state index is 0.951. The maximum Gasteiger partial charge on any atom is 0.417 e. The van der Waals surface area contributed by atoms with E-state index in [4.69, 9.17) is 14.2 Å². The van der Waals surface area contributed by atoms with Crippen LogP contribution in [0.5, 0.6) is 0 Å². The van der Waals surface area contributed by atoms with E-state index < -0.39 is 67.6 Å². The summed E-state index contributed by atoms with van der Waals surface area (Å²) in [7, 11) is 1.22. The van der Waals surface area contributed by atoms with Crippen molar-refractivity contribution in [3.63, 3.8) is 0 Å². The Labute approximate surface area is 140 Å². The molecule has 5 N–H and O–H groups in total. The van der Waals surface area contributed by atoms with Gasteiger partial charge in [-0.05, 0) is 6.92 Å². The van der Waals surface area contributed by atoms with Crippen LogP contribution in [0.3, 0.4) is 0 Å². The van der Waals surface area contributed by atoms with Crippen molar-refractivity contribution in [2.75, 3.05) is 7.11 Å². The van der Waals surface area contributed by atoms with Gasteiger partial charge < -0.3 is 44.5 Å². The molecule has 12 heteroatoms. The van der Waals surface area contributed by atoms with Crippen molar-refractivity contribution in [2.45, 2.75) is 74.5 Å². The second-order valence-electron chi connectivity index (χ2n) is 5.97. The fourth-order valence-electron chi connectivity index (χ4n) is 2.77. The Hall–Kier alpha value is -0.570. The van der Waals surface area contributed by atoms with E-state index >= 15 is 0 Å². The number of methoxy groups -OCH3 is 1. The fraction of sp³-hybridized carbons (Fsp3) is 1.00. The molecule has 0 saturated carbocycles. The third-order valence-electron chi connectivity index (χ3n) is 4.19. The van der Waals surface area contributed by atoms with E-state index in [-0.39, 0.29) is 0 Å². The first-order valence-corrected chi connectivity index (χ1v) is 7.45. The van der Waals surface area contributed by atoms with Gasteiger partial charge >= 0.3 is 6.18 Å². The number of ether oxygens (including phenoxy) is 4. The number of hydrogen-bond donors (Lipinski definition) is 5. The zero-order chi connectivity index (χ0) is 19.1. The summed E-state index contributed by atoms with van der Waals surface area (Å²) in [6, 6.07) is 0. The predicted octanol–water partition coefficient (Wildman–Crippen LogP) is -2.15. The number of halogens is 3. The molecular weight excluding hydrogens is 357 g/mol. The van der Waals surface area contributed by atoms with E-state index in [1.807, 2.05) is 0 Å². The first kappa shape index (κ1) is 20.7. The average Bonchev–Trinajstić information content (AvgIpc) is 2.53. The highest BCUT2D eigenvalue weighted by Crippen LogP contribution is 2.35. The van der Waals surface area contributed by atoms with Crippen LogP contribution in [0.2, 0.25) is 0 Å². The quantitative estimate of drug-likeness (QED) is 0.372. The Kier molecular flexibility index (Phi) is 6.29.